The van der Waals surface area contributed by atoms with Gasteiger partial charge >= 0.3 is 5.97 Å². The van der Waals surface area contributed by atoms with Crippen LogP contribution in [0.4, 0.5) is 0 Å². The van der Waals surface area contributed by atoms with Crippen molar-refractivity contribution in [1.82, 2.24) is 5.32 Å². The summed E-state index contributed by atoms with van der Waals surface area (Å²) in [5, 5.41) is 3.53. The van der Waals surface area contributed by atoms with Gasteiger partial charge in [0.2, 0.25) is 0 Å². The molecule has 1 aromatic rings. The van der Waals surface area contributed by atoms with Crippen LogP contribution >= 0.6 is 0 Å². The van der Waals surface area contributed by atoms with Crippen LogP contribution in [0.15, 0.2) is 23.4 Å². The standard InChI is InChI=1S/C30H47NO3/c1-9-13-34-29(33)30(7,8)18-27-21(4)15-24(16-22(27)5)17-26(14-20(2)3)28(25-11-10-12-25)31-19-23(6)32/h15-16,20,26,31H,9-14,17-19H2,1-8H3. The first-order valence-corrected chi connectivity index (χ1v) is 13.2. The lowest BCUT2D eigenvalue weighted by molar-refractivity contribution is -0.153. The minimum absolute atomic E-state index is 0.123. The molecule has 0 aromatic heterocycles. The minimum atomic E-state index is -0.551. The Labute approximate surface area is 207 Å². The first-order chi connectivity index (χ1) is 15.9. The third kappa shape index (κ3) is 7.99. The predicted octanol–water partition coefficient (Wildman–Crippen LogP) is 6.65. The van der Waals surface area contributed by atoms with E-state index in [0.717, 1.165) is 32.1 Å². The molecule has 0 spiro atoms. The normalized spacial score (nSPS) is 14.6. The molecule has 4 nitrogen and oxygen atoms in total. The summed E-state index contributed by atoms with van der Waals surface area (Å²) in [6.07, 6.45) is 7.12. The van der Waals surface area contributed by atoms with Gasteiger partial charge in [-0.2, -0.15) is 0 Å². The van der Waals surface area contributed by atoms with E-state index in [2.05, 4.69) is 45.1 Å². The summed E-state index contributed by atoms with van der Waals surface area (Å²) < 4.78 is 5.45. The van der Waals surface area contributed by atoms with E-state index in [9.17, 15) is 9.59 Å². The molecule has 0 heterocycles. The Hall–Kier alpha value is -2.10. The summed E-state index contributed by atoms with van der Waals surface area (Å²) in [5.41, 5.74) is 7.32. The van der Waals surface area contributed by atoms with Gasteiger partial charge in [-0.05, 0) is 108 Å². The predicted molar refractivity (Wildman–Crippen MR) is 141 cm³/mol. The largest absolute Gasteiger partial charge is 0.465 e. The second kappa shape index (κ2) is 12.6. The smallest absolute Gasteiger partial charge is 0.311 e. The fourth-order valence-corrected chi connectivity index (χ4v) is 4.94. The third-order valence-corrected chi connectivity index (χ3v) is 6.88. The number of hydrogen-bond acceptors (Lipinski definition) is 4. The number of carbonyl (C=O) groups is 2. The molecule has 1 unspecified atom stereocenters. The Balaban J connectivity index is 2.28. The van der Waals surface area contributed by atoms with Crippen molar-refractivity contribution in [3.8, 4) is 0 Å². The Morgan fingerprint density at radius 2 is 1.74 bits per heavy atom. The second-order valence-corrected chi connectivity index (χ2v) is 11.4. The maximum Gasteiger partial charge on any atom is 0.311 e. The minimum Gasteiger partial charge on any atom is -0.465 e. The van der Waals surface area contributed by atoms with Crippen molar-refractivity contribution < 1.29 is 14.3 Å². The molecule has 190 valence electrons. The lowest BCUT2D eigenvalue weighted by Crippen LogP contribution is -2.30. The first-order valence-electron chi connectivity index (χ1n) is 13.2. The van der Waals surface area contributed by atoms with Crippen molar-refractivity contribution >= 4 is 11.8 Å². The van der Waals surface area contributed by atoms with Crippen molar-refractivity contribution in [1.29, 1.82) is 0 Å². The Bertz CT molecular complexity index is 865. The van der Waals surface area contributed by atoms with Crippen LogP contribution in [0.5, 0.6) is 0 Å². The molecule has 1 aromatic carbocycles. The number of benzene rings is 1. The van der Waals surface area contributed by atoms with E-state index < -0.39 is 5.41 Å². The molecule has 0 saturated heterocycles. The van der Waals surface area contributed by atoms with Crippen molar-refractivity contribution in [2.45, 2.75) is 100 Å². The molecule has 0 amide bonds. The highest BCUT2D eigenvalue weighted by atomic mass is 16.5. The molecule has 34 heavy (non-hydrogen) atoms. The summed E-state index contributed by atoms with van der Waals surface area (Å²) >= 11 is 0. The maximum atomic E-state index is 12.6. The van der Waals surface area contributed by atoms with E-state index in [-0.39, 0.29) is 11.8 Å². The Kier molecular flexibility index (Phi) is 10.4. The van der Waals surface area contributed by atoms with Gasteiger partial charge in [0, 0.05) is 11.6 Å². The number of esters is 1. The van der Waals surface area contributed by atoms with Gasteiger partial charge in [0.15, 0.2) is 0 Å². The topological polar surface area (TPSA) is 55.4 Å². The van der Waals surface area contributed by atoms with Crippen LogP contribution in [-0.2, 0) is 27.2 Å². The van der Waals surface area contributed by atoms with E-state index in [0.29, 0.717) is 31.4 Å². The lowest BCUT2D eigenvalue weighted by atomic mass is 9.79. The van der Waals surface area contributed by atoms with Crippen molar-refractivity contribution in [3.05, 3.63) is 45.7 Å². The van der Waals surface area contributed by atoms with Gasteiger partial charge in [-0.25, -0.2) is 0 Å². The summed E-state index contributed by atoms with van der Waals surface area (Å²) in [4.78, 5) is 24.3. The number of aryl methyl sites for hydroxylation is 2. The molecule has 1 aliphatic rings. The molecule has 4 heteroatoms. The molecular weight excluding hydrogens is 422 g/mol. The molecule has 1 fully saturated rings. The maximum absolute atomic E-state index is 12.6. The number of ether oxygens (including phenoxy) is 1. The van der Waals surface area contributed by atoms with Gasteiger partial charge in [0.1, 0.15) is 5.78 Å². The second-order valence-electron chi connectivity index (χ2n) is 11.4. The number of Topliss-reactive ketones (excluding diaryl/α,β-unsaturated/α-hetero) is 1. The van der Waals surface area contributed by atoms with Crippen molar-refractivity contribution in [3.63, 3.8) is 0 Å². The number of carbonyl (C=O) groups excluding carboxylic acids is 2. The van der Waals surface area contributed by atoms with Crippen LogP contribution < -0.4 is 5.32 Å². The van der Waals surface area contributed by atoms with Crippen LogP contribution in [0.1, 0.15) is 95.9 Å². The summed E-state index contributed by atoms with van der Waals surface area (Å²) in [6.45, 7) is 17.4. The average Bonchev–Trinajstić information content (AvgIpc) is 2.69. The number of rotatable bonds is 13. The number of ketones is 1. The van der Waals surface area contributed by atoms with Crippen LogP contribution in [0.2, 0.25) is 0 Å². The molecule has 1 saturated carbocycles. The summed E-state index contributed by atoms with van der Waals surface area (Å²) in [6, 6.07) is 4.61. The van der Waals surface area contributed by atoms with Gasteiger partial charge < -0.3 is 10.1 Å². The molecule has 1 N–H and O–H groups in total. The fraction of sp³-hybridized carbons (Fsp3) is 0.667. The lowest BCUT2D eigenvalue weighted by Gasteiger charge is -2.31. The number of nitrogens with one attached hydrogen (secondary N) is 1. The third-order valence-electron chi connectivity index (χ3n) is 6.88. The SMILES string of the molecule is CCCOC(=O)C(C)(C)Cc1c(C)cc(CC(CC(C)C)C(NCC(C)=O)=C2CCC2)cc1C. The van der Waals surface area contributed by atoms with E-state index in [1.807, 2.05) is 20.8 Å². The van der Waals surface area contributed by atoms with Gasteiger partial charge in [-0.15, -0.1) is 0 Å². The van der Waals surface area contributed by atoms with E-state index in [1.165, 1.54) is 39.9 Å². The summed E-state index contributed by atoms with van der Waals surface area (Å²) in [7, 11) is 0. The zero-order valence-electron chi connectivity index (χ0n) is 22.9. The van der Waals surface area contributed by atoms with Crippen LogP contribution in [0.25, 0.3) is 0 Å². The van der Waals surface area contributed by atoms with E-state index in [4.69, 9.17) is 4.74 Å². The molecule has 0 radical (unpaired) electrons. The van der Waals surface area contributed by atoms with Crippen molar-refractivity contribution in [2.24, 2.45) is 17.3 Å². The van der Waals surface area contributed by atoms with Gasteiger partial charge in [0.25, 0.3) is 0 Å². The Morgan fingerprint density at radius 1 is 1.12 bits per heavy atom. The molecule has 2 rings (SSSR count). The van der Waals surface area contributed by atoms with Gasteiger partial charge in [-0.1, -0.05) is 38.5 Å². The highest BCUT2D eigenvalue weighted by molar-refractivity contribution is 5.78. The molecule has 0 bridgehead atoms. The fourth-order valence-electron chi connectivity index (χ4n) is 4.94. The molecule has 1 aliphatic carbocycles. The zero-order valence-corrected chi connectivity index (χ0v) is 22.9. The van der Waals surface area contributed by atoms with Crippen LogP contribution in [0.3, 0.4) is 0 Å². The average molecular weight is 470 g/mol. The van der Waals surface area contributed by atoms with Crippen molar-refractivity contribution in [2.75, 3.05) is 13.2 Å². The Morgan fingerprint density at radius 3 is 2.21 bits per heavy atom. The quantitative estimate of drug-likeness (QED) is 0.329. The van der Waals surface area contributed by atoms with Crippen LogP contribution in [0, 0.1) is 31.1 Å². The van der Waals surface area contributed by atoms with Gasteiger partial charge in [-0.3, -0.25) is 9.59 Å². The number of hydrogen-bond donors (Lipinski definition) is 1. The van der Waals surface area contributed by atoms with Gasteiger partial charge in [0.05, 0.1) is 18.6 Å². The molecule has 1 atom stereocenters. The van der Waals surface area contributed by atoms with E-state index in [1.54, 1.807) is 6.92 Å². The van der Waals surface area contributed by atoms with Crippen LogP contribution in [-0.4, -0.2) is 24.9 Å². The highest BCUT2D eigenvalue weighted by Crippen LogP contribution is 2.35. The highest BCUT2D eigenvalue weighted by Gasteiger charge is 2.31. The summed E-state index contributed by atoms with van der Waals surface area (Å²) in [5.74, 6) is 1.02. The monoisotopic (exact) mass is 469 g/mol. The number of allylic oxidation sites excluding steroid dienone is 2. The first kappa shape index (κ1) is 28.1. The molecular formula is C30H47NO3. The molecule has 0 aliphatic heterocycles. The van der Waals surface area contributed by atoms with E-state index >= 15 is 0 Å². The zero-order chi connectivity index (χ0) is 25.5.